The standard InChI is InChI=1S/C18H13ClN4O4S2/c1-9-3-4-10(7-13(9)19)14-6-5-11(27-14)8-12-15(20)23-17(21-16(12)24)28-18(22-23)29(2,25)26/h3-8,20H,1-2H3/b12-8-,20-15?. The second kappa shape index (κ2) is 6.97. The number of carbonyl (C=O) groups is 1. The predicted octanol–water partition coefficient (Wildman–Crippen LogP) is 3.53. The summed E-state index contributed by atoms with van der Waals surface area (Å²) < 4.78 is 28.9. The molecule has 8 nitrogen and oxygen atoms in total. The zero-order valence-electron chi connectivity index (χ0n) is 15.1. The summed E-state index contributed by atoms with van der Waals surface area (Å²) in [4.78, 5) is 16.2. The lowest BCUT2D eigenvalue weighted by atomic mass is 10.1. The summed E-state index contributed by atoms with van der Waals surface area (Å²) in [5.74, 6) is -0.0630. The summed E-state index contributed by atoms with van der Waals surface area (Å²) in [6.45, 7) is 1.90. The van der Waals surface area contributed by atoms with Gasteiger partial charge in [-0.3, -0.25) is 10.2 Å². The summed E-state index contributed by atoms with van der Waals surface area (Å²) >= 11 is 6.89. The molecule has 2 aliphatic rings. The summed E-state index contributed by atoms with van der Waals surface area (Å²) in [5.41, 5.74) is 1.65. The number of aliphatic imine (C=N–C) groups is 1. The summed E-state index contributed by atoms with van der Waals surface area (Å²) in [6, 6.07) is 8.89. The Hall–Kier alpha value is -2.69. The summed E-state index contributed by atoms with van der Waals surface area (Å²) in [6.07, 6.45) is 2.38. The topological polar surface area (TPSA) is 116 Å². The number of hydrazone groups is 1. The highest BCUT2D eigenvalue weighted by Crippen LogP contribution is 2.31. The minimum Gasteiger partial charge on any atom is -0.457 e. The van der Waals surface area contributed by atoms with Crippen LogP contribution in [0.4, 0.5) is 0 Å². The number of rotatable bonds is 2. The third-order valence-electron chi connectivity index (χ3n) is 4.12. The van der Waals surface area contributed by atoms with Gasteiger partial charge in [0.05, 0.1) is 5.57 Å². The number of carbonyl (C=O) groups excluding carboxylic acids is 1. The number of halogens is 1. The Kier molecular flexibility index (Phi) is 4.72. The van der Waals surface area contributed by atoms with Crippen molar-refractivity contribution in [3.63, 3.8) is 0 Å². The second-order valence-electron chi connectivity index (χ2n) is 6.32. The molecule has 29 heavy (non-hydrogen) atoms. The fraction of sp³-hybridized carbons (Fsp3) is 0.111. The van der Waals surface area contributed by atoms with Crippen molar-refractivity contribution in [3.8, 4) is 11.3 Å². The quantitative estimate of drug-likeness (QED) is 0.702. The van der Waals surface area contributed by atoms with Crippen molar-refractivity contribution in [2.45, 2.75) is 6.92 Å². The van der Waals surface area contributed by atoms with Crippen molar-refractivity contribution >= 4 is 60.6 Å². The van der Waals surface area contributed by atoms with E-state index in [1.54, 1.807) is 18.2 Å². The van der Waals surface area contributed by atoms with E-state index in [0.717, 1.165) is 34.2 Å². The number of sulfone groups is 1. The maximum absolute atomic E-state index is 12.4. The molecule has 0 saturated carbocycles. The Bertz CT molecular complexity index is 1270. The van der Waals surface area contributed by atoms with Gasteiger partial charge in [0, 0.05) is 16.8 Å². The van der Waals surface area contributed by atoms with Crippen LogP contribution < -0.4 is 0 Å². The number of hydrogen-bond donors (Lipinski definition) is 1. The molecule has 0 bridgehead atoms. The second-order valence-corrected chi connectivity index (χ2v) is 9.88. The zero-order valence-corrected chi connectivity index (χ0v) is 17.5. The highest BCUT2D eigenvalue weighted by atomic mass is 35.5. The summed E-state index contributed by atoms with van der Waals surface area (Å²) in [5, 5.41) is 13.8. The SMILES string of the molecule is Cc1ccc(-c2ccc(/C=C3/C(=N)N4N=C(S(C)(=O)=O)SC4=NC3=O)o2)cc1Cl. The van der Waals surface area contributed by atoms with Crippen molar-refractivity contribution < 1.29 is 17.6 Å². The maximum atomic E-state index is 12.4. The molecular formula is C18H13ClN4O4S2. The Morgan fingerprint density at radius 2 is 2.03 bits per heavy atom. The van der Waals surface area contributed by atoms with Gasteiger partial charge in [0.15, 0.2) is 5.84 Å². The van der Waals surface area contributed by atoms with Gasteiger partial charge in [-0.15, -0.1) is 5.10 Å². The van der Waals surface area contributed by atoms with E-state index in [0.29, 0.717) is 16.5 Å². The van der Waals surface area contributed by atoms with Crippen molar-refractivity contribution in [1.82, 2.24) is 5.01 Å². The molecule has 0 atom stereocenters. The minimum absolute atomic E-state index is 0.0343. The molecule has 2 aromatic rings. The molecular weight excluding hydrogens is 436 g/mol. The van der Waals surface area contributed by atoms with Crippen molar-refractivity contribution in [2.24, 2.45) is 10.1 Å². The van der Waals surface area contributed by atoms with Crippen LogP contribution in [0.5, 0.6) is 0 Å². The average Bonchev–Trinajstić information content (AvgIpc) is 3.28. The van der Waals surface area contributed by atoms with Crippen molar-refractivity contribution in [3.05, 3.63) is 52.3 Å². The smallest absolute Gasteiger partial charge is 0.283 e. The minimum atomic E-state index is -3.58. The van der Waals surface area contributed by atoms with E-state index in [-0.39, 0.29) is 21.0 Å². The fourth-order valence-electron chi connectivity index (χ4n) is 2.60. The van der Waals surface area contributed by atoms with Gasteiger partial charge >= 0.3 is 0 Å². The predicted molar refractivity (Wildman–Crippen MR) is 114 cm³/mol. The largest absolute Gasteiger partial charge is 0.457 e. The first kappa shape index (κ1) is 19.6. The molecule has 1 aromatic carbocycles. The third-order valence-corrected chi connectivity index (χ3v) is 7.11. The highest BCUT2D eigenvalue weighted by Gasteiger charge is 2.38. The maximum Gasteiger partial charge on any atom is 0.283 e. The number of hydrogen-bond acceptors (Lipinski definition) is 7. The molecule has 2 aliphatic heterocycles. The molecule has 1 N–H and O–H groups in total. The first-order valence-electron chi connectivity index (χ1n) is 8.20. The van der Waals surface area contributed by atoms with Crippen LogP contribution in [0, 0.1) is 12.3 Å². The van der Waals surface area contributed by atoms with Crippen LogP contribution in [-0.2, 0) is 14.6 Å². The van der Waals surface area contributed by atoms with Crippen LogP contribution in [-0.4, -0.2) is 41.0 Å². The molecule has 3 heterocycles. The average molecular weight is 449 g/mol. The van der Waals surface area contributed by atoms with Gasteiger partial charge in [-0.25, -0.2) is 8.42 Å². The summed E-state index contributed by atoms with van der Waals surface area (Å²) in [7, 11) is -3.58. The number of nitrogens with one attached hydrogen (secondary N) is 1. The molecule has 0 radical (unpaired) electrons. The number of amidine groups is 2. The molecule has 0 saturated heterocycles. The fourth-order valence-corrected chi connectivity index (χ4v) is 4.46. The molecule has 4 rings (SSSR count). The number of furan rings is 1. The van der Waals surface area contributed by atoms with E-state index in [2.05, 4.69) is 10.1 Å². The van der Waals surface area contributed by atoms with Gasteiger partial charge in [0.2, 0.25) is 19.4 Å². The highest BCUT2D eigenvalue weighted by molar-refractivity contribution is 8.42. The molecule has 0 fully saturated rings. The van der Waals surface area contributed by atoms with Crippen LogP contribution in [0.25, 0.3) is 17.4 Å². The molecule has 148 valence electrons. The Balaban J connectivity index is 1.67. The van der Waals surface area contributed by atoms with Gasteiger partial charge in [0.1, 0.15) is 11.5 Å². The molecule has 0 aliphatic carbocycles. The lowest BCUT2D eigenvalue weighted by molar-refractivity contribution is -0.114. The van der Waals surface area contributed by atoms with E-state index >= 15 is 0 Å². The van der Waals surface area contributed by atoms with Gasteiger partial charge in [-0.2, -0.15) is 10.0 Å². The van der Waals surface area contributed by atoms with E-state index in [1.807, 2.05) is 19.1 Å². The van der Waals surface area contributed by atoms with Crippen molar-refractivity contribution in [2.75, 3.05) is 6.26 Å². The molecule has 0 unspecified atom stereocenters. The van der Waals surface area contributed by atoms with Gasteiger partial charge < -0.3 is 4.42 Å². The normalized spacial score (nSPS) is 18.2. The Morgan fingerprint density at radius 1 is 1.28 bits per heavy atom. The first-order valence-corrected chi connectivity index (χ1v) is 11.3. The van der Waals surface area contributed by atoms with Crippen LogP contribution >= 0.6 is 23.4 Å². The third kappa shape index (κ3) is 3.66. The Morgan fingerprint density at radius 3 is 2.72 bits per heavy atom. The molecule has 0 spiro atoms. The van der Waals surface area contributed by atoms with Gasteiger partial charge in [-0.05, 0) is 48.5 Å². The lowest BCUT2D eigenvalue weighted by Gasteiger charge is -2.19. The number of aryl methyl sites for hydroxylation is 1. The Labute approximate surface area is 175 Å². The van der Waals surface area contributed by atoms with E-state index in [4.69, 9.17) is 21.4 Å². The zero-order chi connectivity index (χ0) is 20.9. The van der Waals surface area contributed by atoms with E-state index in [1.165, 1.54) is 6.08 Å². The van der Waals surface area contributed by atoms with E-state index in [9.17, 15) is 13.2 Å². The lowest BCUT2D eigenvalue weighted by Crippen LogP contribution is -2.35. The van der Waals surface area contributed by atoms with Crippen LogP contribution in [0.3, 0.4) is 0 Å². The molecule has 1 amide bonds. The number of benzene rings is 1. The van der Waals surface area contributed by atoms with Crippen molar-refractivity contribution in [1.29, 1.82) is 5.41 Å². The van der Waals surface area contributed by atoms with E-state index < -0.39 is 15.7 Å². The van der Waals surface area contributed by atoms with Crippen LogP contribution in [0.1, 0.15) is 11.3 Å². The van der Waals surface area contributed by atoms with Gasteiger partial charge in [0.25, 0.3) is 5.91 Å². The number of fused-ring (bicyclic) bond motifs is 1. The first-order chi connectivity index (χ1) is 13.6. The van der Waals surface area contributed by atoms with Crippen LogP contribution in [0.2, 0.25) is 5.02 Å². The number of amides is 1. The number of nitrogens with zero attached hydrogens (tertiary/aromatic N) is 3. The molecule has 11 heteroatoms. The molecule has 1 aromatic heterocycles. The van der Waals surface area contributed by atoms with Crippen LogP contribution in [0.15, 0.2) is 50.4 Å². The monoisotopic (exact) mass is 448 g/mol. The van der Waals surface area contributed by atoms with Gasteiger partial charge in [-0.1, -0.05) is 23.7 Å². The number of thioether (sulfide) groups is 1.